The molecule has 0 spiro atoms. The van der Waals surface area contributed by atoms with Crippen molar-refractivity contribution >= 4 is 22.5 Å². The van der Waals surface area contributed by atoms with Crippen LogP contribution in [0, 0.1) is 5.41 Å². The number of fused-ring (bicyclic) bond motifs is 1. The zero-order chi connectivity index (χ0) is 13.5. The number of rotatable bonds is 1. The van der Waals surface area contributed by atoms with Crippen LogP contribution in [-0.2, 0) is 5.60 Å². The third-order valence-corrected chi connectivity index (χ3v) is 5.56. The minimum Gasteiger partial charge on any atom is -0.384 e. The second kappa shape index (κ2) is 4.53. The van der Waals surface area contributed by atoms with E-state index in [1.54, 1.807) is 0 Å². The molecule has 100 valence electrons. The van der Waals surface area contributed by atoms with Gasteiger partial charge < -0.3 is 5.11 Å². The SMILES string of the molecule is CC1(C)CSCC(O)(c2ccc3ccccc3c2)C1. The molecule has 0 aromatic heterocycles. The lowest BCUT2D eigenvalue weighted by Crippen LogP contribution is -2.40. The number of aliphatic hydroxyl groups is 1. The highest BCUT2D eigenvalue weighted by Gasteiger charge is 2.40. The number of thioether (sulfide) groups is 1. The molecule has 1 unspecified atom stereocenters. The van der Waals surface area contributed by atoms with E-state index in [1.165, 1.54) is 10.8 Å². The Morgan fingerprint density at radius 3 is 2.47 bits per heavy atom. The molecule has 1 aliphatic rings. The monoisotopic (exact) mass is 272 g/mol. The Hall–Kier alpha value is -0.990. The van der Waals surface area contributed by atoms with Crippen LogP contribution < -0.4 is 0 Å². The first kappa shape index (κ1) is 13.0. The quantitative estimate of drug-likeness (QED) is 0.840. The first-order chi connectivity index (χ1) is 8.99. The van der Waals surface area contributed by atoms with E-state index in [-0.39, 0.29) is 5.41 Å². The molecule has 2 heteroatoms. The van der Waals surface area contributed by atoms with Gasteiger partial charge in [0.05, 0.1) is 5.60 Å². The van der Waals surface area contributed by atoms with Gasteiger partial charge in [0.15, 0.2) is 0 Å². The van der Waals surface area contributed by atoms with E-state index in [0.717, 1.165) is 23.5 Å². The zero-order valence-electron chi connectivity index (χ0n) is 11.5. The van der Waals surface area contributed by atoms with Crippen LogP contribution in [0.5, 0.6) is 0 Å². The fourth-order valence-electron chi connectivity index (χ4n) is 3.05. The molecule has 19 heavy (non-hydrogen) atoms. The van der Waals surface area contributed by atoms with E-state index >= 15 is 0 Å². The molecule has 3 rings (SSSR count). The van der Waals surface area contributed by atoms with Crippen LogP contribution >= 0.6 is 11.8 Å². The molecule has 0 aliphatic carbocycles. The van der Waals surface area contributed by atoms with Gasteiger partial charge in [0.2, 0.25) is 0 Å². The predicted octanol–water partition coefficient (Wildman–Crippen LogP) is 4.19. The molecule has 0 saturated carbocycles. The molecule has 2 aromatic rings. The Balaban J connectivity index is 2.03. The summed E-state index contributed by atoms with van der Waals surface area (Å²) in [5.41, 5.74) is 0.575. The van der Waals surface area contributed by atoms with Crippen LogP contribution in [0.15, 0.2) is 42.5 Å². The standard InChI is InChI=1S/C17H20OS/c1-16(2)10-17(18,12-19-11-16)15-8-7-13-5-3-4-6-14(13)9-15/h3-9,18H,10-12H2,1-2H3. The molecular formula is C17H20OS. The van der Waals surface area contributed by atoms with Crippen molar-refractivity contribution in [2.45, 2.75) is 25.9 Å². The van der Waals surface area contributed by atoms with E-state index in [4.69, 9.17) is 0 Å². The Bertz CT molecular complexity index is 605. The van der Waals surface area contributed by atoms with Crippen molar-refractivity contribution in [2.75, 3.05) is 11.5 Å². The summed E-state index contributed by atoms with van der Waals surface area (Å²) in [7, 11) is 0. The number of hydrogen-bond donors (Lipinski definition) is 1. The van der Waals surface area contributed by atoms with E-state index in [2.05, 4.69) is 56.3 Å². The molecule has 0 bridgehead atoms. The summed E-state index contributed by atoms with van der Waals surface area (Å²) in [5.74, 6) is 1.93. The molecule has 1 heterocycles. The van der Waals surface area contributed by atoms with Crippen LogP contribution in [0.3, 0.4) is 0 Å². The van der Waals surface area contributed by atoms with Crippen molar-refractivity contribution < 1.29 is 5.11 Å². The largest absolute Gasteiger partial charge is 0.384 e. The Morgan fingerprint density at radius 1 is 1.00 bits per heavy atom. The van der Waals surface area contributed by atoms with Crippen molar-refractivity contribution in [2.24, 2.45) is 5.41 Å². The lowest BCUT2D eigenvalue weighted by atomic mass is 9.78. The van der Waals surface area contributed by atoms with Gasteiger partial charge in [-0.1, -0.05) is 50.2 Å². The van der Waals surface area contributed by atoms with E-state index in [0.29, 0.717) is 0 Å². The average Bonchev–Trinajstić information content (AvgIpc) is 2.36. The maximum Gasteiger partial charge on any atom is 0.0992 e. The lowest BCUT2D eigenvalue weighted by Gasteiger charge is -2.41. The van der Waals surface area contributed by atoms with Crippen molar-refractivity contribution in [3.63, 3.8) is 0 Å². The summed E-state index contributed by atoms with van der Waals surface area (Å²) in [4.78, 5) is 0. The van der Waals surface area contributed by atoms with Crippen LogP contribution in [-0.4, -0.2) is 16.6 Å². The second-order valence-electron chi connectivity index (χ2n) is 6.43. The topological polar surface area (TPSA) is 20.2 Å². The second-order valence-corrected chi connectivity index (χ2v) is 7.41. The number of hydrogen-bond acceptors (Lipinski definition) is 2. The molecule has 0 amide bonds. The van der Waals surface area contributed by atoms with Gasteiger partial charge in [-0.05, 0) is 40.0 Å². The molecule has 1 saturated heterocycles. The van der Waals surface area contributed by atoms with Gasteiger partial charge in [0.1, 0.15) is 0 Å². The molecule has 1 aliphatic heterocycles. The minimum absolute atomic E-state index is 0.198. The van der Waals surface area contributed by atoms with Gasteiger partial charge in [-0.15, -0.1) is 0 Å². The summed E-state index contributed by atoms with van der Waals surface area (Å²) >= 11 is 1.86. The maximum atomic E-state index is 11.0. The van der Waals surface area contributed by atoms with E-state index in [9.17, 15) is 5.11 Å². The van der Waals surface area contributed by atoms with Crippen molar-refractivity contribution in [1.29, 1.82) is 0 Å². The Labute approximate surface area is 119 Å². The first-order valence-corrected chi connectivity index (χ1v) is 7.94. The van der Waals surface area contributed by atoms with Crippen molar-refractivity contribution in [3.05, 3.63) is 48.0 Å². The molecule has 2 aromatic carbocycles. The molecule has 1 atom stereocenters. The fraction of sp³-hybridized carbons (Fsp3) is 0.412. The van der Waals surface area contributed by atoms with Gasteiger partial charge >= 0.3 is 0 Å². The summed E-state index contributed by atoms with van der Waals surface area (Å²) < 4.78 is 0. The summed E-state index contributed by atoms with van der Waals surface area (Å²) in [6, 6.07) is 14.7. The molecule has 0 radical (unpaired) electrons. The van der Waals surface area contributed by atoms with E-state index < -0.39 is 5.60 Å². The van der Waals surface area contributed by atoms with Crippen LogP contribution in [0.2, 0.25) is 0 Å². The lowest BCUT2D eigenvalue weighted by molar-refractivity contribution is 0.0157. The smallest absolute Gasteiger partial charge is 0.0992 e. The average molecular weight is 272 g/mol. The molecule has 1 N–H and O–H groups in total. The van der Waals surface area contributed by atoms with Gasteiger partial charge in [-0.25, -0.2) is 0 Å². The third-order valence-electron chi connectivity index (χ3n) is 3.89. The molecular weight excluding hydrogens is 252 g/mol. The van der Waals surface area contributed by atoms with Crippen LogP contribution in [0.1, 0.15) is 25.8 Å². The van der Waals surface area contributed by atoms with Crippen molar-refractivity contribution in [3.8, 4) is 0 Å². The van der Waals surface area contributed by atoms with Gasteiger partial charge in [0, 0.05) is 5.75 Å². The Kier molecular flexibility index (Phi) is 3.11. The zero-order valence-corrected chi connectivity index (χ0v) is 12.3. The van der Waals surface area contributed by atoms with E-state index in [1.807, 2.05) is 11.8 Å². The van der Waals surface area contributed by atoms with Gasteiger partial charge in [-0.3, -0.25) is 0 Å². The first-order valence-electron chi connectivity index (χ1n) is 6.78. The molecule has 1 fully saturated rings. The van der Waals surface area contributed by atoms with Gasteiger partial charge in [0.25, 0.3) is 0 Å². The normalized spacial score (nSPS) is 26.5. The highest BCUT2D eigenvalue weighted by atomic mass is 32.2. The number of benzene rings is 2. The summed E-state index contributed by atoms with van der Waals surface area (Å²) in [5, 5.41) is 13.5. The predicted molar refractivity (Wildman–Crippen MR) is 83.6 cm³/mol. The fourth-order valence-corrected chi connectivity index (χ4v) is 4.42. The summed E-state index contributed by atoms with van der Waals surface area (Å²) in [6.45, 7) is 4.48. The Morgan fingerprint density at radius 2 is 1.74 bits per heavy atom. The highest BCUT2D eigenvalue weighted by Crippen LogP contribution is 2.44. The maximum absolute atomic E-state index is 11.0. The highest BCUT2D eigenvalue weighted by molar-refractivity contribution is 7.99. The minimum atomic E-state index is -0.684. The van der Waals surface area contributed by atoms with Crippen LogP contribution in [0.4, 0.5) is 0 Å². The molecule has 1 nitrogen and oxygen atoms in total. The van der Waals surface area contributed by atoms with Crippen LogP contribution in [0.25, 0.3) is 10.8 Å². The van der Waals surface area contributed by atoms with Crippen molar-refractivity contribution in [1.82, 2.24) is 0 Å². The third kappa shape index (κ3) is 2.52. The van der Waals surface area contributed by atoms with Gasteiger partial charge in [-0.2, -0.15) is 11.8 Å². The summed E-state index contributed by atoms with van der Waals surface area (Å²) in [6.07, 6.45) is 0.839.